The lowest BCUT2D eigenvalue weighted by Gasteiger charge is -2.18. The monoisotopic (exact) mass is 269 g/mol. The first-order valence-corrected chi connectivity index (χ1v) is 6.56. The van der Waals surface area contributed by atoms with E-state index in [1.807, 2.05) is 18.2 Å². The Hall–Kier alpha value is -0.680. The molecule has 1 N–H and O–H groups in total. The maximum Gasteiger partial charge on any atom is 0.0595 e. The molecule has 1 rings (SSSR count). The van der Waals surface area contributed by atoms with Gasteiger partial charge in [0, 0.05) is 12.5 Å². The molecule has 0 heterocycles. The van der Waals surface area contributed by atoms with Gasteiger partial charge in [0.05, 0.1) is 10.0 Å². The fourth-order valence-corrected chi connectivity index (χ4v) is 1.97. The summed E-state index contributed by atoms with van der Waals surface area (Å²) in [5.74, 6) is 2.67. The standard InChI is InChI=1S/C14H17Cl2N/c1-3-5-6-14(17-9-4-2)11-7-8-12(15)13(16)10-11/h1,7-8,10,14,17H,4-6,9H2,2H3. The zero-order chi connectivity index (χ0) is 12.7. The SMILES string of the molecule is C#CCCC(NCCC)c1ccc(Cl)c(Cl)c1. The van der Waals surface area contributed by atoms with Gasteiger partial charge in [0.1, 0.15) is 0 Å². The average molecular weight is 270 g/mol. The summed E-state index contributed by atoms with van der Waals surface area (Å²) in [5.41, 5.74) is 1.14. The summed E-state index contributed by atoms with van der Waals surface area (Å²) >= 11 is 11.9. The Labute approximate surface area is 114 Å². The lowest BCUT2D eigenvalue weighted by atomic mass is 10.0. The predicted octanol–water partition coefficient (Wildman–Crippen LogP) is 4.45. The Kier molecular flexibility index (Phi) is 6.44. The van der Waals surface area contributed by atoms with Crippen LogP contribution in [-0.4, -0.2) is 6.54 Å². The molecule has 0 aliphatic heterocycles. The smallest absolute Gasteiger partial charge is 0.0595 e. The van der Waals surface area contributed by atoms with E-state index in [1.54, 1.807) is 0 Å². The van der Waals surface area contributed by atoms with E-state index >= 15 is 0 Å². The molecule has 17 heavy (non-hydrogen) atoms. The summed E-state index contributed by atoms with van der Waals surface area (Å²) in [7, 11) is 0. The molecule has 0 spiro atoms. The van der Waals surface area contributed by atoms with Crippen molar-refractivity contribution in [2.45, 2.75) is 32.2 Å². The molecule has 0 saturated carbocycles. The molecule has 1 unspecified atom stereocenters. The van der Waals surface area contributed by atoms with E-state index < -0.39 is 0 Å². The van der Waals surface area contributed by atoms with Crippen LogP contribution in [0.2, 0.25) is 10.0 Å². The Balaban J connectivity index is 2.80. The third-order valence-electron chi connectivity index (χ3n) is 2.56. The molecule has 0 fully saturated rings. The van der Waals surface area contributed by atoms with Crippen molar-refractivity contribution in [3.05, 3.63) is 33.8 Å². The summed E-state index contributed by atoms with van der Waals surface area (Å²) in [6.07, 6.45) is 8.07. The number of hydrogen-bond donors (Lipinski definition) is 1. The van der Waals surface area contributed by atoms with Gasteiger partial charge in [-0.2, -0.15) is 0 Å². The van der Waals surface area contributed by atoms with Gasteiger partial charge >= 0.3 is 0 Å². The third-order valence-corrected chi connectivity index (χ3v) is 3.30. The van der Waals surface area contributed by atoms with Gasteiger partial charge in [0.2, 0.25) is 0 Å². The van der Waals surface area contributed by atoms with Crippen LogP contribution in [0.1, 0.15) is 37.8 Å². The van der Waals surface area contributed by atoms with Crippen LogP contribution in [0.5, 0.6) is 0 Å². The second kappa shape index (κ2) is 7.61. The predicted molar refractivity (Wildman–Crippen MR) is 75.6 cm³/mol. The first-order chi connectivity index (χ1) is 8.19. The number of nitrogens with one attached hydrogen (secondary N) is 1. The van der Waals surface area contributed by atoms with E-state index in [0.29, 0.717) is 10.0 Å². The van der Waals surface area contributed by atoms with Gasteiger partial charge in [0.15, 0.2) is 0 Å². The Morgan fingerprint density at radius 2 is 2.12 bits per heavy atom. The lowest BCUT2D eigenvalue weighted by molar-refractivity contribution is 0.505. The number of benzene rings is 1. The molecular weight excluding hydrogens is 253 g/mol. The molecule has 1 atom stereocenters. The van der Waals surface area contributed by atoms with Crippen LogP contribution < -0.4 is 5.32 Å². The van der Waals surface area contributed by atoms with E-state index in [1.165, 1.54) is 0 Å². The number of rotatable bonds is 6. The molecule has 3 heteroatoms. The highest BCUT2D eigenvalue weighted by Crippen LogP contribution is 2.27. The maximum atomic E-state index is 6.03. The summed E-state index contributed by atoms with van der Waals surface area (Å²) in [4.78, 5) is 0. The van der Waals surface area contributed by atoms with E-state index in [2.05, 4.69) is 18.2 Å². The zero-order valence-corrected chi connectivity index (χ0v) is 11.5. The Bertz CT molecular complexity index is 396. The number of terminal acetylenes is 1. The highest BCUT2D eigenvalue weighted by Gasteiger charge is 2.11. The minimum Gasteiger partial charge on any atom is -0.310 e. The largest absolute Gasteiger partial charge is 0.310 e. The van der Waals surface area contributed by atoms with Crippen LogP contribution >= 0.6 is 23.2 Å². The van der Waals surface area contributed by atoms with Gasteiger partial charge in [-0.3, -0.25) is 0 Å². The average Bonchev–Trinajstić information content (AvgIpc) is 2.33. The number of hydrogen-bond acceptors (Lipinski definition) is 1. The second-order valence-corrected chi connectivity index (χ2v) is 4.74. The molecule has 0 aromatic heterocycles. The highest BCUT2D eigenvalue weighted by molar-refractivity contribution is 6.42. The maximum absolute atomic E-state index is 6.03. The number of halogens is 2. The fourth-order valence-electron chi connectivity index (χ4n) is 1.66. The first-order valence-electron chi connectivity index (χ1n) is 5.80. The molecule has 0 amide bonds. The van der Waals surface area contributed by atoms with Crippen LogP contribution in [0.15, 0.2) is 18.2 Å². The minimum atomic E-state index is 0.251. The van der Waals surface area contributed by atoms with Crippen molar-refractivity contribution in [3.8, 4) is 12.3 Å². The van der Waals surface area contributed by atoms with Gasteiger partial charge in [-0.05, 0) is 37.1 Å². The summed E-state index contributed by atoms with van der Waals surface area (Å²) in [6, 6.07) is 5.99. The van der Waals surface area contributed by atoms with E-state index in [-0.39, 0.29) is 6.04 Å². The van der Waals surface area contributed by atoms with Crippen LogP contribution in [0.25, 0.3) is 0 Å². The van der Waals surface area contributed by atoms with E-state index in [0.717, 1.165) is 31.4 Å². The lowest BCUT2D eigenvalue weighted by Crippen LogP contribution is -2.22. The summed E-state index contributed by atoms with van der Waals surface area (Å²) < 4.78 is 0. The molecule has 0 aliphatic rings. The van der Waals surface area contributed by atoms with Gasteiger partial charge in [-0.25, -0.2) is 0 Å². The summed E-state index contributed by atoms with van der Waals surface area (Å²) in [6.45, 7) is 3.11. The summed E-state index contributed by atoms with van der Waals surface area (Å²) in [5, 5.41) is 4.65. The van der Waals surface area contributed by atoms with Gasteiger partial charge in [0.25, 0.3) is 0 Å². The van der Waals surface area contributed by atoms with Crippen molar-refractivity contribution in [1.82, 2.24) is 5.32 Å². The van der Waals surface area contributed by atoms with Gasteiger partial charge in [-0.15, -0.1) is 12.3 Å². The van der Waals surface area contributed by atoms with E-state index in [4.69, 9.17) is 29.6 Å². The Morgan fingerprint density at radius 1 is 1.35 bits per heavy atom. The third kappa shape index (κ3) is 4.60. The minimum absolute atomic E-state index is 0.251. The molecule has 0 bridgehead atoms. The van der Waals surface area contributed by atoms with Crippen LogP contribution in [0.3, 0.4) is 0 Å². The highest BCUT2D eigenvalue weighted by atomic mass is 35.5. The van der Waals surface area contributed by atoms with Crippen LogP contribution in [-0.2, 0) is 0 Å². The molecule has 0 aliphatic carbocycles. The molecule has 1 nitrogen and oxygen atoms in total. The van der Waals surface area contributed by atoms with Crippen molar-refractivity contribution in [1.29, 1.82) is 0 Å². The van der Waals surface area contributed by atoms with E-state index in [9.17, 15) is 0 Å². The zero-order valence-electron chi connectivity index (χ0n) is 9.97. The van der Waals surface area contributed by atoms with Gasteiger partial charge < -0.3 is 5.32 Å². The second-order valence-electron chi connectivity index (χ2n) is 3.92. The van der Waals surface area contributed by atoms with Crippen LogP contribution in [0.4, 0.5) is 0 Å². The van der Waals surface area contributed by atoms with Gasteiger partial charge in [-0.1, -0.05) is 36.2 Å². The first kappa shape index (κ1) is 14.4. The van der Waals surface area contributed by atoms with Crippen molar-refractivity contribution in [2.75, 3.05) is 6.54 Å². The van der Waals surface area contributed by atoms with Crippen LogP contribution in [0, 0.1) is 12.3 Å². The Morgan fingerprint density at radius 3 is 2.71 bits per heavy atom. The van der Waals surface area contributed by atoms with Crippen molar-refractivity contribution < 1.29 is 0 Å². The quantitative estimate of drug-likeness (QED) is 0.753. The van der Waals surface area contributed by atoms with Crippen molar-refractivity contribution >= 4 is 23.2 Å². The topological polar surface area (TPSA) is 12.0 Å². The molecule has 1 aromatic rings. The molecule has 1 aromatic carbocycles. The molecule has 0 saturated heterocycles. The molecule has 0 radical (unpaired) electrons. The normalized spacial score (nSPS) is 12.1. The van der Waals surface area contributed by atoms with Crippen molar-refractivity contribution in [3.63, 3.8) is 0 Å². The fraction of sp³-hybridized carbons (Fsp3) is 0.429. The molecule has 92 valence electrons. The van der Waals surface area contributed by atoms with Crippen molar-refractivity contribution in [2.24, 2.45) is 0 Å². The molecular formula is C14H17Cl2N.